The van der Waals surface area contributed by atoms with Crippen molar-refractivity contribution in [2.24, 2.45) is 0 Å². The molecule has 1 aliphatic heterocycles. The Morgan fingerprint density at radius 3 is 2.75 bits per heavy atom. The Hall–Kier alpha value is -2.08. The first-order valence-corrected chi connectivity index (χ1v) is 7.69. The van der Waals surface area contributed by atoms with Crippen molar-refractivity contribution in [1.82, 2.24) is 5.32 Å². The average molecular weight is 349 g/mol. The van der Waals surface area contributed by atoms with E-state index >= 15 is 0 Å². The number of aryl methyl sites for hydroxylation is 1. The molecule has 1 unspecified atom stereocenters. The van der Waals surface area contributed by atoms with Crippen LogP contribution in [0.1, 0.15) is 5.56 Å². The van der Waals surface area contributed by atoms with E-state index in [-0.39, 0.29) is 18.3 Å². The van der Waals surface area contributed by atoms with Crippen molar-refractivity contribution < 1.29 is 14.3 Å². The second kappa shape index (κ2) is 8.68. The highest BCUT2D eigenvalue weighted by Crippen LogP contribution is 2.30. The molecule has 2 aromatic rings. The Kier molecular flexibility index (Phi) is 6.61. The third kappa shape index (κ3) is 4.71. The first kappa shape index (κ1) is 18.3. The topological polar surface area (TPSA) is 59.6 Å². The number of benzene rings is 2. The summed E-state index contributed by atoms with van der Waals surface area (Å²) in [5.74, 6) is 1.17. The second-order valence-corrected chi connectivity index (χ2v) is 5.47. The summed E-state index contributed by atoms with van der Waals surface area (Å²) >= 11 is 0. The lowest BCUT2D eigenvalue weighted by Crippen LogP contribution is -2.45. The fourth-order valence-electron chi connectivity index (χ4n) is 2.39. The number of carbonyl (C=O) groups excluding carboxylic acids is 1. The van der Waals surface area contributed by atoms with E-state index in [1.165, 1.54) is 0 Å². The zero-order valence-electron chi connectivity index (χ0n) is 13.5. The van der Waals surface area contributed by atoms with Gasteiger partial charge in [0.25, 0.3) is 5.91 Å². The molecule has 0 spiro atoms. The number of carbonyl (C=O) groups is 1. The number of morpholine rings is 1. The van der Waals surface area contributed by atoms with E-state index in [4.69, 9.17) is 9.47 Å². The Bertz CT molecular complexity index is 673. The molecule has 128 valence electrons. The van der Waals surface area contributed by atoms with Crippen molar-refractivity contribution in [2.75, 3.05) is 25.0 Å². The van der Waals surface area contributed by atoms with Crippen molar-refractivity contribution >= 4 is 24.0 Å². The summed E-state index contributed by atoms with van der Waals surface area (Å²) in [6.07, 6.45) is -0.478. The first-order valence-electron chi connectivity index (χ1n) is 7.69. The van der Waals surface area contributed by atoms with Crippen LogP contribution in [0.3, 0.4) is 0 Å². The molecule has 1 fully saturated rings. The lowest BCUT2D eigenvalue weighted by atomic mass is 10.2. The number of hydrogen-bond donors (Lipinski definition) is 2. The van der Waals surface area contributed by atoms with E-state index in [0.717, 1.165) is 17.9 Å². The molecule has 1 aliphatic rings. The lowest BCUT2D eigenvalue weighted by molar-refractivity contribution is -0.128. The van der Waals surface area contributed by atoms with Crippen molar-refractivity contribution in [2.45, 2.75) is 13.0 Å². The maximum absolute atomic E-state index is 12.4. The van der Waals surface area contributed by atoms with Gasteiger partial charge < -0.3 is 20.1 Å². The van der Waals surface area contributed by atoms with Gasteiger partial charge in [0.2, 0.25) is 0 Å². The van der Waals surface area contributed by atoms with Gasteiger partial charge in [-0.3, -0.25) is 4.79 Å². The van der Waals surface area contributed by atoms with Gasteiger partial charge in [0.15, 0.2) is 5.75 Å². The smallest absolute Gasteiger partial charge is 0.254 e. The summed E-state index contributed by atoms with van der Waals surface area (Å²) in [6, 6.07) is 15.2. The minimum Gasteiger partial charge on any atom is -0.455 e. The largest absolute Gasteiger partial charge is 0.455 e. The monoisotopic (exact) mass is 348 g/mol. The molecule has 6 heteroatoms. The van der Waals surface area contributed by atoms with Crippen molar-refractivity contribution in [1.29, 1.82) is 0 Å². The van der Waals surface area contributed by atoms with Gasteiger partial charge in [-0.05, 0) is 36.8 Å². The van der Waals surface area contributed by atoms with Gasteiger partial charge in [-0.15, -0.1) is 12.4 Å². The highest BCUT2D eigenvalue weighted by Gasteiger charge is 2.22. The molecular weight excluding hydrogens is 328 g/mol. The maximum Gasteiger partial charge on any atom is 0.254 e. The molecule has 24 heavy (non-hydrogen) atoms. The van der Waals surface area contributed by atoms with Gasteiger partial charge >= 0.3 is 0 Å². The molecule has 0 aromatic heterocycles. The van der Waals surface area contributed by atoms with E-state index in [1.807, 2.05) is 55.5 Å². The zero-order valence-corrected chi connectivity index (χ0v) is 14.3. The molecule has 0 radical (unpaired) electrons. The predicted octanol–water partition coefficient (Wildman–Crippen LogP) is 3.14. The standard InChI is InChI=1S/C18H20N2O3.ClH/c1-13-7-8-16(23-14-5-3-2-4-6-14)15(11-13)20-18(21)17-12-19-9-10-22-17;/h2-8,11,17,19H,9-10,12H2,1H3,(H,20,21);1H. The number of ether oxygens (including phenoxy) is 2. The molecule has 2 aromatic carbocycles. The van der Waals surface area contributed by atoms with Gasteiger partial charge in [-0.25, -0.2) is 0 Å². The first-order chi connectivity index (χ1) is 11.2. The molecule has 0 bridgehead atoms. The van der Waals surface area contributed by atoms with Crippen LogP contribution in [0, 0.1) is 6.92 Å². The van der Waals surface area contributed by atoms with Crippen LogP contribution in [0.2, 0.25) is 0 Å². The van der Waals surface area contributed by atoms with Crippen LogP contribution in [0.4, 0.5) is 5.69 Å². The fraction of sp³-hybridized carbons (Fsp3) is 0.278. The summed E-state index contributed by atoms with van der Waals surface area (Å²) in [7, 11) is 0. The number of rotatable bonds is 4. The number of anilines is 1. The summed E-state index contributed by atoms with van der Waals surface area (Å²) in [5.41, 5.74) is 1.69. The quantitative estimate of drug-likeness (QED) is 0.891. The van der Waals surface area contributed by atoms with Gasteiger partial charge in [-0.2, -0.15) is 0 Å². The molecule has 1 saturated heterocycles. The van der Waals surface area contributed by atoms with Crippen LogP contribution in [0.5, 0.6) is 11.5 Å². The SMILES string of the molecule is Cc1ccc(Oc2ccccc2)c(NC(=O)C2CNCCO2)c1.Cl. The van der Waals surface area contributed by atoms with Crippen LogP contribution in [0.15, 0.2) is 48.5 Å². The third-order valence-corrected chi connectivity index (χ3v) is 3.58. The van der Waals surface area contributed by atoms with Crippen LogP contribution in [-0.2, 0) is 9.53 Å². The van der Waals surface area contributed by atoms with Crippen LogP contribution in [-0.4, -0.2) is 31.7 Å². The normalized spacial score (nSPS) is 16.8. The maximum atomic E-state index is 12.4. The van der Waals surface area contributed by atoms with E-state index in [1.54, 1.807) is 0 Å². The summed E-state index contributed by atoms with van der Waals surface area (Å²) < 4.78 is 11.4. The molecule has 0 saturated carbocycles. The Morgan fingerprint density at radius 1 is 1.25 bits per heavy atom. The number of nitrogens with one attached hydrogen (secondary N) is 2. The Balaban J connectivity index is 0.00000208. The van der Waals surface area contributed by atoms with Gasteiger partial charge in [0, 0.05) is 13.1 Å². The van der Waals surface area contributed by atoms with Crippen LogP contribution < -0.4 is 15.4 Å². The van der Waals surface area contributed by atoms with E-state index in [9.17, 15) is 4.79 Å². The van der Waals surface area contributed by atoms with Gasteiger partial charge in [0.05, 0.1) is 12.3 Å². The van der Waals surface area contributed by atoms with Crippen molar-refractivity contribution in [3.8, 4) is 11.5 Å². The minimum atomic E-state index is -0.478. The van der Waals surface area contributed by atoms with Crippen molar-refractivity contribution in [3.63, 3.8) is 0 Å². The predicted molar refractivity (Wildman–Crippen MR) is 96.2 cm³/mol. The van der Waals surface area contributed by atoms with Gasteiger partial charge in [-0.1, -0.05) is 24.3 Å². The van der Waals surface area contributed by atoms with E-state index in [2.05, 4.69) is 10.6 Å². The molecule has 5 nitrogen and oxygen atoms in total. The Morgan fingerprint density at radius 2 is 2.04 bits per heavy atom. The number of amides is 1. The van der Waals surface area contributed by atoms with Gasteiger partial charge in [0.1, 0.15) is 11.9 Å². The lowest BCUT2D eigenvalue weighted by Gasteiger charge is -2.23. The average Bonchev–Trinajstić information content (AvgIpc) is 2.59. The van der Waals surface area contributed by atoms with Crippen molar-refractivity contribution in [3.05, 3.63) is 54.1 Å². The molecule has 1 heterocycles. The molecule has 0 aliphatic carbocycles. The summed E-state index contributed by atoms with van der Waals surface area (Å²) in [4.78, 5) is 12.4. The second-order valence-electron chi connectivity index (χ2n) is 5.47. The highest BCUT2D eigenvalue weighted by molar-refractivity contribution is 5.95. The van der Waals surface area contributed by atoms with Crippen LogP contribution in [0.25, 0.3) is 0 Å². The van der Waals surface area contributed by atoms with Crippen LogP contribution >= 0.6 is 12.4 Å². The van der Waals surface area contributed by atoms with E-state index in [0.29, 0.717) is 24.6 Å². The highest BCUT2D eigenvalue weighted by atomic mass is 35.5. The molecule has 1 amide bonds. The number of halogens is 1. The summed E-state index contributed by atoms with van der Waals surface area (Å²) in [5, 5.41) is 6.06. The van der Waals surface area contributed by atoms with E-state index < -0.39 is 6.10 Å². The molecule has 3 rings (SSSR count). The number of hydrogen-bond acceptors (Lipinski definition) is 4. The molecular formula is C18H21ClN2O3. The summed E-state index contributed by atoms with van der Waals surface area (Å²) in [6.45, 7) is 3.81. The molecule has 1 atom stereocenters. The fourth-order valence-corrected chi connectivity index (χ4v) is 2.39. The Labute approximate surface area is 147 Å². The molecule has 2 N–H and O–H groups in total. The minimum absolute atomic E-state index is 0. The third-order valence-electron chi connectivity index (χ3n) is 3.58. The number of para-hydroxylation sites is 1. The zero-order chi connectivity index (χ0) is 16.1.